The van der Waals surface area contributed by atoms with Crippen molar-refractivity contribution >= 4 is 21.6 Å². The highest BCUT2D eigenvalue weighted by molar-refractivity contribution is 9.10. The van der Waals surface area contributed by atoms with Crippen LogP contribution in [0.5, 0.6) is 0 Å². The monoisotopic (exact) mass is 322 g/mol. The minimum atomic E-state index is 0.642. The lowest BCUT2D eigenvalue weighted by molar-refractivity contribution is 0.376. The van der Waals surface area contributed by atoms with E-state index in [4.69, 9.17) is 0 Å². The lowest BCUT2D eigenvalue weighted by atomic mass is 9.93. The van der Waals surface area contributed by atoms with E-state index in [1.807, 2.05) is 0 Å². The molecule has 0 aromatic heterocycles. The molecule has 19 heavy (non-hydrogen) atoms. The molecule has 1 aliphatic heterocycles. The Morgan fingerprint density at radius 1 is 1.21 bits per heavy atom. The zero-order valence-corrected chi connectivity index (χ0v) is 13.2. The SMILES string of the molecule is Cc1c(Br)cccc1NC1CCCC1C1CCCN1. The summed E-state index contributed by atoms with van der Waals surface area (Å²) in [5.41, 5.74) is 2.62. The van der Waals surface area contributed by atoms with Crippen molar-refractivity contribution in [2.75, 3.05) is 11.9 Å². The van der Waals surface area contributed by atoms with Gasteiger partial charge >= 0.3 is 0 Å². The summed E-state index contributed by atoms with van der Waals surface area (Å²) < 4.78 is 1.20. The van der Waals surface area contributed by atoms with Gasteiger partial charge in [0.25, 0.3) is 0 Å². The summed E-state index contributed by atoms with van der Waals surface area (Å²) in [6.07, 6.45) is 6.77. The minimum Gasteiger partial charge on any atom is -0.382 e. The molecular weight excluding hydrogens is 300 g/mol. The molecule has 3 unspecified atom stereocenters. The highest BCUT2D eigenvalue weighted by Gasteiger charge is 2.35. The lowest BCUT2D eigenvalue weighted by Crippen LogP contribution is -2.38. The molecule has 0 amide bonds. The zero-order chi connectivity index (χ0) is 13.2. The molecule has 1 aliphatic carbocycles. The van der Waals surface area contributed by atoms with E-state index in [1.165, 1.54) is 54.4 Å². The van der Waals surface area contributed by atoms with Crippen LogP contribution in [0.3, 0.4) is 0 Å². The van der Waals surface area contributed by atoms with E-state index >= 15 is 0 Å². The first-order valence-electron chi connectivity index (χ1n) is 7.51. The normalized spacial score (nSPS) is 30.7. The molecule has 1 saturated heterocycles. The maximum Gasteiger partial charge on any atom is 0.0383 e. The van der Waals surface area contributed by atoms with Crippen molar-refractivity contribution in [3.8, 4) is 0 Å². The number of hydrogen-bond donors (Lipinski definition) is 2. The molecule has 1 aromatic carbocycles. The fraction of sp³-hybridized carbons (Fsp3) is 0.625. The van der Waals surface area contributed by atoms with Gasteiger partial charge in [0.15, 0.2) is 0 Å². The molecule has 2 nitrogen and oxygen atoms in total. The van der Waals surface area contributed by atoms with Crippen molar-refractivity contribution in [1.82, 2.24) is 5.32 Å². The first-order chi connectivity index (χ1) is 9.25. The standard InChI is InChI=1S/C16H23BrN2/c1-11-13(17)6-3-7-14(11)19-16-8-2-5-12(16)15-9-4-10-18-15/h3,6-7,12,15-16,18-19H,2,4-5,8-10H2,1H3. The van der Waals surface area contributed by atoms with Crippen molar-refractivity contribution in [3.63, 3.8) is 0 Å². The molecule has 2 aliphatic rings. The number of halogens is 1. The Bertz CT molecular complexity index is 440. The Hall–Kier alpha value is -0.540. The third-order valence-corrected chi connectivity index (χ3v) is 5.65. The van der Waals surface area contributed by atoms with Crippen molar-refractivity contribution in [3.05, 3.63) is 28.2 Å². The Morgan fingerprint density at radius 3 is 2.89 bits per heavy atom. The van der Waals surface area contributed by atoms with Crippen LogP contribution in [-0.2, 0) is 0 Å². The molecule has 1 aromatic rings. The maximum absolute atomic E-state index is 3.81. The predicted octanol–water partition coefficient (Wildman–Crippen LogP) is 4.09. The van der Waals surface area contributed by atoms with Gasteiger partial charge in [-0.1, -0.05) is 28.4 Å². The largest absolute Gasteiger partial charge is 0.382 e. The van der Waals surface area contributed by atoms with Crippen LogP contribution in [0.2, 0.25) is 0 Å². The smallest absolute Gasteiger partial charge is 0.0383 e. The van der Waals surface area contributed by atoms with Crippen LogP contribution in [0.15, 0.2) is 22.7 Å². The van der Waals surface area contributed by atoms with E-state index in [-0.39, 0.29) is 0 Å². The van der Waals surface area contributed by atoms with Gasteiger partial charge in [-0.2, -0.15) is 0 Å². The number of anilines is 1. The molecule has 2 fully saturated rings. The molecule has 3 atom stereocenters. The van der Waals surface area contributed by atoms with Gasteiger partial charge in [0.1, 0.15) is 0 Å². The molecule has 3 heteroatoms. The second-order valence-electron chi connectivity index (χ2n) is 5.96. The van der Waals surface area contributed by atoms with Gasteiger partial charge in [-0.05, 0) is 62.8 Å². The summed E-state index contributed by atoms with van der Waals surface area (Å²) >= 11 is 3.62. The highest BCUT2D eigenvalue weighted by Crippen LogP contribution is 2.35. The van der Waals surface area contributed by atoms with E-state index < -0.39 is 0 Å². The van der Waals surface area contributed by atoms with E-state index in [9.17, 15) is 0 Å². The first-order valence-corrected chi connectivity index (χ1v) is 8.30. The average molecular weight is 323 g/mol. The van der Waals surface area contributed by atoms with Gasteiger partial charge in [-0.15, -0.1) is 0 Å². The van der Waals surface area contributed by atoms with Crippen LogP contribution in [0.1, 0.15) is 37.7 Å². The quantitative estimate of drug-likeness (QED) is 0.875. The second-order valence-corrected chi connectivity index (χ2v) is 6.82. The van der Waals surface area contributed by atoms with Crippen LogP contribution in [-0.4, -0.2) is 18.6 Å². The van der Waals surface area contributed by atoms with Gasteiger partial charge < -0.3 is 10.6 Å². The van der Waals surface area contributed by atoms with Crippen LogP contribution in [0, 0.1) is 12.8 Å². The summed E-state index contributed by atoms with van der Waals surface area (Å²) in [5.74, 6) is 0.806. The summed E-state index contributed by atoms with van der Waals surface area (Å²) in [5, 5.41) is 7.50. The van der Waals surface area contributed by atoms with Gasteiger partial charge in [-0.3, -0.25) is 0 Å². The average Bonchev–Trinajstić information content (AvgIpc) is 3.05. The summed E-state index contributed by atoms with van der Waals surface area (Å²) in [4.78, 5) is 0. The van der Waals surface area contributed by atoms with E-state index in [0.29, 0.717) is 6.04 Å². The Kier molecular flexibility index (Phi) is 4.13. The highest BCUT2D eigenvalue weighted by atomic mass is 79.9. The van der Waals surface area contributed by atoms with Crippen molar-refractivity contribution in [2.45, 2.75) is 51.1 Å². The van der Waals surface area contributed by atoms with Crippen molar-refractivity contribution < 1.29 is 0 Å². The van der Waals surface area contributed by atoms with Crippen molar-refractivity contribution in [1.29, 1.82) is 0 Å². The van der Waals surface area contributed by atoms with Gasteiger partial charge in [0.2, 0.25) is 0 Å². The second kappa shape index (κ2) is 5.84. The maximum atomic E-state index is 3.81. The molecule has 0 radical (unpaired) electrons. The number of hydrogen-bond acceptors (Lipinski definition) is 2. The Morgan fingerprint density at radius 2 is 2.11 bits per heavy atom. The summed E-state index contributed by atoms with van der Waals surface area (Å²) in [7, 11) is 0. The lowest BCUT2D eigenvalue weighted by Gasteiger charge is -2.28. The van der Waals surface area contributed by atoms with E-state index in [0.717, 1.165) is 12.0 Å². The molecule has 0 bridgehead atoms. The Balaban J connectivity index is 1.72. The number of benzene rings is 1. The molecule has 3 rings (SSSR count). The van der Waals surface area contributed by atoms with Gasteiger partial charge in [-0.25, -0.2) is 0 Å². The number of rotatable bonds is 3. The van der Waals surface area contributed by atoms with E-state index in [1.54, 1.807) is 0 Å². The van der Waals surface area contributed by atoms with Gasteiger partial charge in [0.05, 0.1) is 0 Å². The molecular formula is C16H23BrN2. The molecule has 104 valence electrons. The third-order valence-electron chi connectivity index (χ3n) is 4.79. The third kappa shape index (κ3) is 2.82. The zero-order valence-electron chi connectivity index (χ0n) is 11.6. The number of nitrogens with one attached hydrogen (secondary N) is 2. The molecule has 2 N–H and O–H groups in total. The predicted molar refractivity (Wildman–Crippen MR) is 84.7 cm³/mol. The molecule has 0 spiro atoms. The first kappa shape index (κ1) is 13.4. The summed E-state index contributed by atoms with van der Waals surface area (Å²) in [6.45, 7) is 3.40. The fourth-order valence-corrected chi connectivity index (χ4v) is 4.06. The molecule has 1 heterocycles. The topological polar surface area (TPSA) is 24.1 Å². The summed E-state index contributed by atoms with van der Waals surface area (Å²) in [6, 6.07) is 7.83. The van der Waals surface area contributed by atoms with Crippen LogP contribution < -0.4 is 10.6 Å². The Labute approximate surface area is 124 Å². The van der Waals surface area contributed by atoms with Crippen LogP contribution in [0.4, 0.5) is 5.69 Å². The molecule has 1 saturated carbocycles. The van der Waals surface area contributed by atoms with Crippen LogP contribution >= 0.6 is 15.9 Å². The van der Waals surface area contributed by atoms with Crippen molar-refractivity contribution in [2.24, 2.45) is 5.92 Å². The fourth-order valence-electron chi connectivity index (χ4n) is 3.69. The van der Waals surface area contributed by atoms with Gasteiger partial charge in [0, 0.05) is 22.2 Å². The van der Waals surface area contributed by atoms with Crippen LogP contribution in [0.25, 0.3) is 0 Å². The minimum absolute atomic E-state index is 0.642. The van der Waals surface area contributed by atoms with E-state index in [2.05, 4.69) is 51.7 Å².